The summed E-state index contributed by atoms with van der Waals surface area (Å²) in [6.45, 7) is 2.18. The van der Waals surface area contributed by atoms with E-state index in [1.54, 1.807) is 42.1 Å². The molecule has 1 fully saturated rings. The Hall–Kier alpha value is -3.40. The molecule has 0 radical (unpaired) electrons. The number of nitrogens with one attached hydrogen (secondary N) is 1. The zero-order chi connectivity index (χ0) is 23.1. The molecular weight excluding hydrogens is 427 g/mol. The van der Waals surface area contributed by atoms with Gasteiger partial charge in [0.2, 0.25) is 0 Å². The van der Waals surface area contributed by atoms with Crippen molar-refractivity contribution in [2.45, 2.75) is 38.0 Å². The molecule has 3 N–H and O–H groups in total. The number of hydrogen-bond acceptors (Lipinski definition) is 7. The van der Waals surface area contributed by atoms with Gasteiger partial charge in [-0.2, -0.15) is 0 Å². The van der Waals surface area contributed by atoms with Crippen LogP contribution >= 0.6 is 0 Å². The first-order valence-electron chi connectivity index (χ1n) is 10.7. The maximum atomic E-state index is 13.3. The minimum absolute atomic E-state index is 0.306. The van der Waals surface area contributed by atoms with Gasteiger partial charge in [0.25, 0.3) is 0 Å². The van der Waals surface area contributed by atoms with Crippen LogP contribution in [0, 0.1) is 5.82 Å². The number of benzene rings is 2. The lowest BCUT2D eigenvalue weighted by Gasteiger charge is -2.26. The van der Waals surface area contributed by atoms with Gasteiger partial charge in [0.05, 0.1) is 25.4 Å². The fraction of sp³-hybridized carbons (Fsp3) is 0.292. The molecular formula is C24H25FN4O4. The third-order valence-electron chi connectivity index (χ3n) is 6.00. The summed E-state index contributed by atoms with van der Waals surface area (Å²) in [7, 11) is 1.61. The lowest BCUT2D eigenvalue weighted by atomic mass is 10.0. The molecule has 3 aromatic rings. The number of rotatable bonds is 5. The van der Waals surface area contributed by atoms with E-state index in [0.29, 0.717) is 12.4 Å². The van der Waals surface area contributed by atoms with Crippen molar-refractivity contribution in [1.29, 1.82) is 0 Å². The van der Waals surface area contributed by atoms with Gasteiger partial charge in [-0.3, -0.25) is 10.4 Å². The number of ether oxygens (including phenoxy) is 2. The van der Waals surface area contributed by atoms with Gasteiger partial charge in [0.1, 0.15) is 35.9 Å². The molecule has 2 aromatic carbocycles. The second-order valence-corrected chi connectivity index (χ2v) is 8.19. The molecule has 5 rings (SSSR count). The maximum absolute atomic E-state index is 13.3. The predicted molar refractivity (Wildman–Crippen MR) is 122 cm³/mol. The number of hydrogen-bond donors (Lipinski definition) is 3. The Labute approximate surface area is 190 Å². The second-order valence-electron chi connectivity index (χ2n) is 8.19. The fourth-order valence-electron chi connectivity index (χ4n) is 4.24. The van der Waals surface area contributed by atoms with Crippen molar-refractivity contribution in [3.63, 3.8) is 0 Å². The van der Waals surface area contributed by atoms with Crippen molar-refractivity contribution in [3.8, 4) is 16.9 Å². The summed E-state index contributed by atoms with van der Waals surface area (Å²) in [5.74, 6) is 1.05. The lowest BCUT2D eigenvalue weighted by molar-refractivity contribution is -0.0308. The molecule has 8 nitrogen and oxygen atoms in total. The highest BCUT2D eigenvalue weighted by molar-refractivity contribution is 5.78. The molecule has 3 heterocycles. The number of halogens is 1. The van der Waals surface area contributed by atoms with Gasteiger partial charge in [-0.15, -0.1) is 0 Å². The number of nitrogens with zero attached hydrogens (tertiary/aromatic N) is 3. The Balaban J connectivity index is 1.54. The summed E-state index contributed by atoms with van der Waals surface area (Å²) in [5, 5.41) is 22.6. The van der Waals surface area contributed by atoms with Gasteiger partial charge in [-0.05, 0) is 48.9 Å². The van der Waals surface area contributed by atoms with Crippen LogP contribution in [0.25, 0.3) is 11.1 Å². The van der Waals surface area contributed by atoms with Crippen LogP contribution in [0.2, 0.25) is 0 Å². The molecule has 2 aliphatic rings. The number of fused-ring (bicyclic) bond motifs is 1. The third-order valence-corrected chi connectivity index (χ3v) is 6.00. The van der Waals surface area contributed by atoms with E-state index in [1.165, 1.54) is 12.1 Å². The maximum Gasteiger partial charge on any atom is 0.164 e. The number of aromatic nitrogens is 1. The molecule has 0 saturated carbocycles. The molecule has 9 heteroatoms. The molecule has 1 saturated heterocycles. The van der Waals surface area contributed by atoms with E-state index < -0.39 is 24.5 Å². The largest absolute Gasteiger partial charge is 0.497 e. The monoisotopic (exact) mass is 452 g/mol. The highest BCUT2D eigenvalue weighted by Crippen LogP contribution is 2.42. The van der Waals surface area contributed by atoms with Crippen LogP contribution in [0.1, 0.15) is 18.7 Å². The van der Waals surface area contributed by atoms with Crippen LogP contribution in [0.5, 0.6) is 5.75 Å². The van der Waals surface area contributed by atoms with Gasteiger partial charge in [-0.25, -0.2) is 9.38 Å². The molecule has 2 aliphatic heterocycles. The molecule has 172 valence electrons. The van der Waals surface area contributed by atoms with E-state index in [1.807, 2.05) is 30.5 Å². The van der Waals surface area contributed by atoms with E-state index in [9.17, 15) is 14.6 Å². The summed E-state index contributed by atoms with van der Waals surface area (Å²) < 4.78 is 26.3. The fourth-order valence-corrected chi connectivity index (χ4v) is 4.24. The van der Waals surface area contributed by atoms with Crippen molar-refractivity contribution in [1.82, 2.24) is 9.58 Å². The number of methoxy groups -OCH3 is 1. The highest BCUT2D eigenvalue weighted by Gasteiger charge is 2.42. The average Bonchev–Trinajstić information content (AvgIpc) is 3.33. The quantitative estimate of drug-likeness (QED) is 0.549. The standard InChI is InChI=1S/C24H25FN4O4/c1-14-21(30)22(31)24(33-14)29-12-19(15-4-3-5-18(10-15)32-2)20-11-28(13-26-23(20)29)27-17-8-6-16(25)7-9-17/h3-10,12-14,21-22,24,27,30-31H,11H2,1-2H3/t14-,21-,22-,24-/m1/s1. The average molecular weight is 452 g/mol. The van der Waals surface area contributed by atoms with Gasteiger partial charge in [0.15, 0.2) is 6.23 Å². The van der Waals surface area contributed by atoms with E-state index in [2.05, 4.69) is 10.4 Å². The van der Waals surface area contributed by atoms with E-state index in [0.717, 1.165) is 28.1 Å². The molecule has 0 unspecified atom stereocenters. The smallest absolute Gasteiger partial charge is 0.164 e. The minimum Gasteiger partial charge on any atom is -0.497 e. The van der Waals surface area contributed by atoms with Gasteiger partial charge >= 0.3 is 0 Å². The summed E-state index contributed by atoms with van der Waals surface area (Å²) >= 11 is 0. The molecule has 0 aliphatic carbocycles. The predicted octanol–water partition coefficient (Wildman–Crippen LogP) is 3.44. The molecule has 0 amide bonds. The van der Waals surface area contributed by atoms with Crippen LogP contribution in [0.15, 0.2) is 59.7 Å². The van der Waals surface area contributed by atoms with Crippen molar-refractivity contribution in [2.75, 3.05) is 12.5 Å². The van der Waals surface area contributed by atoms with E-state index in [-0.39, 0.29) is 5.82 Å². The first kappa shape index (κ1) is 21.4. The normalized spacial score (nSPS) is 24.1. The van der Waals surface area contributed by atoms with Gasteiger partial charge in [0, 0.05) is 17.3 Å². The van der Waals surface area contributed by atoms with Crippen LogP contribution in [-0.4, -0.2) is 51.5 Å². The third kappa shape index (κ3) is 3.95. The summed E-state index contributed by atoms with van der Waals surface area (Å²) in [6, 6.07) is 13.8. The lowest BCUT2D eigenvalue weighted by Crippen LogP contribution is -2.31. The summed E-state index contributed by atoms with van der Waals surface area (Å²) in [6.07, 6.45) is 0.178. The zero-order valence-corrected chi connectivity index (χ0v) is 18.2. The van der Waals surface area contributed by atoms with Crippen molar-refractivity contribution in [2.24, 2.45) is 4.99 Å². The molecule has 1 aromatic heterocycles. The second kappa shape index (κ2) is 8.51. The highest BCUT2D eigenvalue weighted by atomic mass is 19.1. The number of aliphatic hydroxyl groups excluding tert-OH is 2. The van der Waals surface area contributed by atoms with Crippen LogP contribution < -0.4 is 10.2 Å². The van der Waals surface area contributed by atoms with Crippen molar-refractivity contribution in [3.05, 3.63) is 66.1 Å². The molecule has 4 atom stereocenters. The van der Waals surface area contributed by atoms with Crippen LogP contribution in [0.4, 0.5) is 15.9 Å². The first-order chi connectivity index (χ1) is 15.9. The van der Waals surface area contributed by atoms with Crippen molar-refractivity contribution < 1.29 is 24.1 Å². The zero-order valence-electron chi connectivity index (χ0n) is 18.2. The summed E-state index contributed by atoms with van der Waals surface area (Å²) in [4.78, 5) is 4.63. The summed E-state index contributed by atoms with van der Waals surface area (Å²) in [5.41, 5.74) is 6.66. The molecule has 0 spiro atoms. The van der Waals surface area contributed by atoms with Gasteiger partial charge < -0.3 is 24.3 Å². The van der Waals surface area contributed by atoms with Crippen LogP contribution in [0.3, 0.4) is 0 Å². The van der Waals surface area contributed by atoms with E-state index in [4.69, 9.17) is 9.47 Å². The van der Waals surface area contributed by atoms with Gasteiger partial charge in [-0.1, -0.05) is 12.1 Å². The molecule has 0 bridgehead atoms. The Morgan fingerprint density at radius 1 is 1.15 bits per heavy atom. The van der Waals surface area contributed by atoms with Crippen molar-refractivity contribution >= 4 is 17.8 Å². The Bertz CT molecular complexity index is 1180. The Morgan fingerprint density at radius 2 is 1.94 bits per heavy atom. The Kier molecular flexibility index (Phi) is 5.53. The minimum atomic E-state index is -1.08. The number of anilines is 1. The Morgan fingerprint density at radius 3 is 2.64 bits per heavy atom. The number of aliphatic hydroxyl groups is 2. The van der Waals surface area contributed by atoms with Crippen LogP contribution in [-0.2, 0) is 11.3 Å². The number of aliphatic imine (C=N–C) groups is 1. The SMILES string of the molecule is COc1cccc(-c2cn([C@@H]3O[C@H](C)[C@@H](O)[C@H]3O)c3c2CN(Nc2ccc(F)cc2)C=N3)c1. The topological polar surface area (TPSA) is 91.5 Å². The first-order valence-corrected chi connectivity index (χ1v) is 10.7. The van der Waals surface area contributed by atoms with E-state index >= 15 is 0 Å². The molecule has 33 heavy (non-hydrogen) atoms. The number of hydrazine groups is 1.